The van der Waals surface area contributed by atoms with Crippen molar-refractivity contribution in [3.63, 3.8) is 0 Å². The Bertz CT molecular complexity index is 377. The number of carbonyl (C=O) groups excluding carboxylic acids is 1. The molecule has 17 heavy (non-hydrogen) atoms. The molecular formula is C11H21ClN4O. The van der Waals surface area contributed by atoms with E-state index in [-0.39, 0.29) is 24.2 Å². The van der Waals surface area contributed by atoms with Gasteiger partial charge < -0.3 is 15.6 Å². The van der Waals surface area contributed by atoms with Gasteiger partial charge in [0.25, 0.3) is 5.91 Å². The summed E-state index contributed by atoms with van der Waals surface area (Å²) in [5.41, 5.74) is 5.72. The van der Waals surface area contributed by atoms with Gasteiger partial charge >= 0.3 is 0 Å². The minimum atomic E-state index is -0.394. The van der Waals surface area contributed by atoms with Crippen LogP contribution < -0.4 is 11.1 Å². The number of hydrogen-bond donors (Lipinski definition) is 2. The van der Waals surface area contributed by atoms with E-state index in [2.05, 4.69) is 10.3 Å². The van der Waals surface area contributed by atoms with Crippen molar-refractivity contribution in [2.24, 2.45) is 18.7 Å². The smallest absolute Gasteiger partial charge is 0.271 e. The minimum absolute atomic E-state index is 0. The van der Waals surface area contributed by atoms with Gasteiger partial charge in [-0.05, 0) is 12.8 Å². The van der Waals surface area contributed by atoms with Crippen LogP contribution >= 0.6 is 12.4 Å². The van der Waals surface area contributed by atoms with Gasteiger partial charge in [-0.2, -0.15) is 0 Å². The van der Waals surface area contributed by atoms with E-state index in [1.54, 1.807) is 17.1 Å². The average molecular weight is 261 g/mol. The first kappa shape index (κ1) is 15.9. The van der Waals surface area contributed by atoms with Crippen LogP contribution in [0.1, 0.15) is 31.3 Å². The Morgan fingerprint density at radius 3 is 2.59 bits per heavy atom. The Kier molecular flexibility index (Phi) is 5.64. The number of halogens is 1. The highest BCUT2D eigenvalue weighted by atomic mass is 35.5. The molecule has 0 radical (unpaired) electrons. The number of nitrogens with zero attached hydrogens (tertiary/aromatic N) is 2. The van der Waals surface area contributed by atoms with Crippen LogP contribution in [0.25, 0.3) is 0 Å². The molecule has 1 aromatic heterocycles. The molecule has 1 heterocycles. The van der Waals surface area contributed by atoms with Crippen LogP contribution in [0.3, 0.4) is 0 Å². The van der Waals surface area contributed by atoms with Crippen molar-refractivity contribution < 1.29 is 4.79 Å². The summed E-state index contributed by atoms with van der Waals surface area (Å²) in [4.78, 5) is 15.9. The summed E-state index contributed by atoms with van der Waals surface area (Å²) in [6.07, 6.45) is 3.29. The molecule has 3 N–H and O–H groups in total. The first-order valence-corrected chi connectivity index (χ1v) is 5.39. The Balaban J connectivity index is 0.00000256. The third-order valence-electron chi connectivity index (χ3n) is 3.03. The summed E-state index contributed by atoms with van der Waals surface area (Å²) < 4.78 is 1.74. The van der Waals surface area contributed by atoms with Crippen molar-refractivity contribution in [1.29, 1.82) is 0 Å². The molecule has 5 nitrogen and oxygen atoms in total. The van der Waals surface area contributed by atoms with Gasteiger partial charge in [0.2, 0.25) is 0 Å². The maximum Gasteiger partial charge on any atom is 0.271 e. The van der Waals surface area contributed by atoms with Crippen LogP contribution in [-0.2, 0) is 7.05 Å². The number of hydrogen-bond acceptors (Lipinski definition) is 3. The molecule has 0 saturated heterocycles. The summed E-state index contributed by atoms with van der Waals surface area (Å²) in [5.74, 6) is 0.0902. The zero-order valence-corrected chi connectivity index (χ0v) is 11.5. The van der Waals surface area contributed by atoms with E-state index in [1.165, 1.54) is 0 Å². The van der Waals surface area contributed by atoms with Crippen LogP contribution in [0.5, 0.6) is 0 Å². The number of imidazole rings is 1. The van der Waals surface area contributed by atoms with Crippen LogP contribution in [0.15, 0.2) is 12.5 Å². The lowest BCUT2D eigenvalue weighted by molar-refractivity contribution is 0.0878. The molecule has 0 spiro atoms. The molecule has 0 bridgehead atoms. The van der Waals surface area contributed by atoms with Gasteiger partial charge in [0, 0.05) is 19.8 Å². The van der Waals surface area contributed by atoms with Crippen LogP contribution in [0, 0.1) is 5.92 Å². The van der Waals surface area contributed by atoms with Crippen molar-refractivity contribution in [2.45, 2.75) is 26.3 Å². The van der Waals surface area contributed by atoms with Crippen molar-refractivity contribution in [3.8, 4) is 0 Å². The highest BCUT2D eigenvalue weighted by Gasteiger charge is 2.29. The van der Waals surface area contributed by atoms with E-state index in [1.807, 2.05) is 27.8 Å². The Labute approximate surface area is 108 Å². The quantitative estimate of drug-likeness (QED) is 0.847. The lowest BCUT2D eigenvalue weighted by atomic mass is 9.88. The maximum absolute atomic E-state index is 11.9. The molecule has 0 saturated carbocycles. The number of aryl methyl sites for hydroxylation is 1. The van der Waals surface area contributed by atoms with Gasteiger partial charge in [0.1, 0.15) is 5.69 Å². The second kappa shape index (κ2) is 6.02. The monoisotopic (exact) mass is 260 g/mol. The largest absolute Gasteiger partial charge is 0.344 e. The van der Waals surface area contributed by atoms with Gasteiger partial charge in [-0.15, -0.1) is 12.4 Å². The summed E-state index contributed by atoms with van der Waals surface area (Å²) in [5, 5.41) is 2.93. The predicted molar refractivity (Wildman–Crippen MR) is 70.2 cm³/mol. The number of amides is 1. The fourth-order valence-corrected chi connectivity index (χ4v) is 1.28. The zero-order chi connectivity index (χ0) is 12.3. The van der Waals surface area contributed by atoms with E-state index < -0.39 is 5.54 Å². The number of nitrogens with one attached hydrogen (secondary N) is 1. The first-order valence-electron chi connectivity index (χ1n) is 5.39. The van der Waals surface area contributed by atoms with Crippen LogP contribution in [-0.4, -0.2) is 27.5 Å². The van der Waals surface area contributed by atoms with Crippen molar-refractivity contribution in [2.75, 3.05) is 6.54 Å². The molecule has 98 valence electrons. The molecule has 1 rings (SSSR count). The van der Waals surface area contributed by atoms with E-state index in [0.717, 1.165) is 0 Å². The number of carbonyl (C=O) groups is 1. The highest BCUT2D eigenvalue weighted by Crippen LogP contribution is 2.15. The topological polar surface area (TPSA) is 72.9 Å². The fourth-order valence-electron chi connectivity index (χ4n) is 1.28. The third kappa shape index (κ3) is 3.71. The standard InChI is InChI=1S/C11H20N4O.ClH/c1-8(2)11(3,6-12)14-10(16)9-5-15(4)7-13-9;/h5,7-8H,6,12H2,1-4H3,(H,14,16);1H. The van der Waals surface area contributed by atoms with E-state index in [0.29, 0.717) is 12.2 Å². The van der Waals surface area contributed by atoms with Gasteiger partial charge in [0.15, 0.2) is 0 Å². The summed E-state index contributed by atoms with van der Waals surface area (Å²) in [7, 11) is 1.83. The van der Waals surface area contributed by atoms with E-state index >= 15 is 0 Å². The lowest BCUT2D eigenvalue weighted by Crippen LogP contribution is -2.55. The molecular weight excluding hydrogens is 240 g/mol. The molecule has 0 aliphatic carbocycles. The fraction of sp³-hybridized carbons (Fsp3) is 0.636. The average Bonchev–Trinajstić information content (AvgIpc) is 2.64. The number of nitrogens with two attached hydrogens (primary N) is 1. The molecule has 0 aliphatic heterocycles. The third-order valence-corrected chi connectivity index (χ3v) is 3.03. The summed E-state index contributed by atoms with van der Waals surface area (Å²) in [6.45, 7) is 6.42. The van der Waals surface area contributed by atoms with Crippen LogP contribution in [0.2, 0.25) is 0 Å². The van der Waals surface area contributed by atoms with Gasteiger partial charge in [0.05, 0.1) is 11.9 Å². The van der Waals surface area contributed by atoms with Crippen molar-refractivity contribution in [1.82, 2.24) is 14.9 Å². The highest BCUT2D eigenvalue weighted by molar-refractivity contribution is 5.92. The molecule has 1 unspecified atom stereocenters. The minimum Gasteiger partial charge on any atom is -0.344 e. The molecule has 0 fully saturated rings. The normalized spacial score (nSPS) is 14.0. The second-order valence-electron chi connectivity index (χ2n) is 4.65. The lowest BCUT2D eigenvalue weighted by Gasteiger charge is -2.33. The van der Waals surface area contributed by atoms with E-state index in [4.69, 9.17) is 5.73 Å². The Morgan fingerprint density at radius 1 is 1.65 bits per heavy atom. The summed E-state index contributed by atoms with van der Waals surface area (Å²) >= 11 is 0. The SMILES string of the molecule is CC(C)C(C)(CN)NC(=O)c1cn(C)cn1.Cl. The molecule has 0 aliphatic rings. The van der Waals surface area contributed by atoms with Gasteiger partial charge in [-0.1, -0.05) is 13.8 Å². The second-order valence-corrected chi connectivity index (χ2v) is 4.65. The molecule has 1 amide bonds. The van der Waals surface area contributed by atoms with Gasteiger partial charge in [-0.3, -0.25) is 4.79 Å². The van der Waals surface area contributed by atoms with Gasteiger partial charge in [-0.25, -0.2) is 4.98 Å². The molecule has 0 aromatic carbocycles. The van der Waals surface area contributed by atoms with E-state index in [9.17, 15) is 4.79 Å². The van der Waals surface area contributed by atoms with Crippen molar-refractivity contribution in [3.05, 3.63) is 18.2 Å². The summed E-state index contributed by atoms with van der Waals surface area (Å²) in [6, 6.07) is 0. The Hall–Kier alpha value is -1.07. The van der Waals surface area contributed by atoms with Crippen LogP contribution in [0.4, 0.5) is 0 Å². The number of rotatable bonds is 4. The van der Waals surface area contributed by atoms with Crippen molar-refractivity contribution >= 4 is 18.3 Å². The maximum atomic E-state index is 11.9. The zero-order valence-electron chi connectivity index (χ0n) is 10.7. The predicted octanol–water partition coefficient (Wildman–Crippen LogP) is 0.945. The first-order chi connectivity index (χ1) is 7.39. The molecule has 1 atom stereocenters. The molecule has 6 heteroatoms. The number of aromatic nitrogens is 2. The Morgan fingerprint density at radius 2 is 2.24 bits per heavy atom. The molecule has 1 aromatic rings.